The number of aliphatic hydroxyl groups excluding tert-OH is 1. The van der Waals surface area contributed by atoms with Gasteiger partial charge in [0.25, 0.3) is 0 Å². The SMILES string of the molecule is C[CH]=[Mn].N=C(O)O[NH-]. The Bertz CT molecular complexity index is 75.7. The second-order valence-corrected chi connectivity index (χ2v) is 1.31. The van der Waals surface area contributed by atoms with Gasteiger partial charge in [0.1, 0.15) is 0 Å². The second kappa shape index (κ2) is 9.80. The predicted molar refractivity (Wildman–Crippen MR) is 27.5 cm³/mol. The fraction of sp³-hybridized carbons (Fsp3) is 0.333. The van der Waals surface area contributed by atoms with Crippen LogP contribution in [0.5, 0.6) is 0 Å². The van der Waals surface area contributed by atoms with Gasteiger partial charge < -0.3 is 15.8 Å². The van der Waals surface area contributed by atoms with E-state index in [1.54, 1.807) is 0 Å². The molecule has 0 radical (unpaired) electrons. The average Bonchev–Trinajstić information content (AvgIpc) is 1.69. The first kappa shape index (κ1) is 10.6. The molecule has 0 aliphatic heterocycles. The van der Waals surface area contributed by atoms with Crippen LogP contribution in [0.25, 0.3) is 5.90 Å². The fourth-order valence-corrected chi connectivity index (χ4v) is 0. The molecule has 0 amide bonds. The maximum atomic E-state index is 7.53. The first-order chi connectivity index (χ1) is 3.68. The van der Waals surface area contributed by atoms with Crippen LogP contribution in [0, 0.1) is 5.41 Å². The van der Waals surface area contributed by atoms with Crippen molar-refractivity contribution in [3.63, 3.8) is 0 Å². The van der Waals surface area contributed by atoms with E-state index in [4.69, 9.17) is 16.4 Å². The van der Waals surface area contributed by atoms with E-state index < -0.39 is 6.08 Å². The fourth-order valence-electron chi connectivity index (χ4n) is 0. The Hall–Kier alpha value is -0.381. The van der Waals surface area contributed by atoms with Gasteiger partial charge in [-0.2, -0.15) is 0 Å². The quantitative estimate of drug-likeness (QED) is 0.237. The van der Waals surface area contributed by atoms with Gasteiger partial charge in [0, 0.05) is 0 Å². The van der Waals surface area contributed by atoms with Crippen LogP contribution in [0.1, 0.15) is 6.92 Å². The largest absolute Gasteiger partial charge is 0.549 e. The Morgan fingerprint density at radius 2 is 2.12 bits per heavy atom. The first-order valence-electron chi connectivity index (χ1n) is 1.68. The van der Waals surface area contributed by atoms with Crippen molar-refractivity contribution < 1.29 is 25.5 Å². The van der Waals surface area contributed by atoms with Crippen molar-refractivity contribution >= 4 is 11.0 Å². The molecule has 8 heavy (non-hydrogen) atoms. The van der Waals surface area contributed by atoms with Crippen LogP contribution < -0.4 is 0 Å². The summed E-state index contributed by atoms with van der Waals surface area (Å²) < 4.78 is 0. The van der Waals surface area contributed by atoms with Crippen molar-refractivity contribution in [2.75, 3.05) is 0 Å². The third-order valence-corrected chi connectivity index (χ3v) is 0.0967. The number of nitrogens with one attached hydrogen (secondary N) is 2. The minimum Gasteiger partial charge on any atom is -0.549 e. The summed E-state index contributed by atoms with van der Waals surface area (Å²) in [4.78, 5) is 4.95. The summed E-state index contributed by atoms with van der Waals surface area (Å²) in [6, 6.07) is 0. The van der Waals surface area contributed by atoms with Crippen LogP contribution in [-0.2, 0) is 20.4 Å². The van der Waals surface area contributed by atoms with E-state index in [1.807, 2.05) is 11.8 Å². The summed E-state index contributed by atoms with van der Waals surface area (Å²) in [5.41, 5.74) is 0. The molecular weight excluding hydrogens is 151 g/mol. The smallest absolute Gasteiger partial charge is 0.362 e. The predicted octanol–water partition coefficient (Wildman–Crippen LogP) is 0.818. The number of rotatable bonds is 0. The van der Waals surface area contributed by atoms with Gasteiger partial charge in [0.15, 0.2) is 0 Å². The molecule has 0 aliphatic carbocycles. The van der Waals surface area contributed by atoms with E-state index in [9.17, 15) is 0 Å². The standard InChI is InChI=1S/C2H4.CH3N2O2.Mn/c1-2;2-1(4)5-3;/h1H,2H3;3H,(H2,2,4);/q;-1;. The molecule has 4 nitrogen and oxygen atoms in total. The van der Waals surface area contributed by atoms with E-state index in [0.29, 0.717) is 0 Å². The Morgan fingerprint density at radius 1 is 2.00 bits per heavy atom. The molecule has 0 heterocycles. The minimum absolute atomic E-state index is 1.08. The average molecular weight is 158 g/mol. The van der Waals surface area contributed by atoms with Crippen LogP contribution >= 0.6 is 0 Å². The molecular formula is C3H7MnN2O2-. The van der Waals surface area contributed by atoms with E-state index >= 15 is 0 Å². The monoisotopic (exact) mass is 158 g/mol. The molecule has 0 unspecified atom stereocenters. The second-order valence-electron chi connectivity index (χ2n) is 0.625. The van der Waals surface area contributed by atoms with Crippen molar-refractivity contribution in [3.8, 4) is 0 Å². The molecule has 0 aromatic heterocycles. The maximum absolute atomic E-state index is 7.53. The van der Waals surface area contributed by atoms with Crippen molar-refractivity contribution in [2.24, 2.45) is 0 Å². The molecule has 3 N–H and O–H groups in total. The molecule has 5 heteroatoms. The van der Waals surface area contributed by atoms with Crippen LogP contribution in [0.15, 0.2) is 0 Å². The molecule has 0 aliphatic rings. The zero-order valence-corrected chi connectivity index (χ0v) is 5.49. The summed E-state index contributed by atoms with van der Waals surface area (Å²) in [7, 11) is 0. The Balaban J connectivity index is 0. The Morgan fingerprint density at radius 3 is 2.12 bits per heavy atom. The topological polar surface area (TPSA) is 77.1 Å². The molecule has 0 fully saturated rings. The Kier molecular flexibility index (Phi) is 12.9. The van der Waals surface area contributed by atoms with Crippen molar-refractivity contribution in [2.45, 2.75) is 6.92 Å². The molecule has 0 saturated carbocycles. The van der Waals surface area contributed by atoms with Gasteiger partial charge in [-0.15, -0.1) is 0 Å². The van der Waals surface area contributed by atoms with E-state index in [2.05, 4.69) is 20.4 Å². The summed E-state index contributed by atoms with van der Waals surface area (Å²) in [6.07, 6.45) is -1.08. The summed E-state index contributed by atoms with van der Waals surface area (Å²) in [5, 5.41) is 13.4. The molecule has 0 spiro atoms. The zero-order valence-electron chi connectivity index (χ0n) is 4.31. The van der Waals surface area contributed by atoms with Gasteiger partial charge in [-0.25, -0.2) is 5.41 Å². The molecule has 49 valence electrons. The first-order valence-corrected chi connectivity index (χ1v) is 2.36. The summed E-state index contributed by atoms with van der Waals surface area (Å²) >= 11 is 3.02. The van der Waals surface area contributed by atoms with Crippen molar-refractivity contribution in [1.29, 1.82) is 5.41 Å². The molecule has 0 rings (SSSR count). The molecule has 0 bridgehead atoms. The van der Waals surface area contributed by atoms with E-state index in [1.165, 1.54) is 0 Å². The van der Waals surface area contributed by atoms with Gasteiger partial charge in [0.05, 0.1) is 0 Å². The van der Waals surface area contributed by atoms with Gasteiger partial charge >= 0.3 is 33.5 Å². The third kappa shape index (κ3) is 45.7. The summed E-state index contributed by atoms with van der Waals surface area (Å²) in [5.74, 6) is 5.68. The van der Waals surface area contributed by atoms with Gasteiger partial charge in [-0.3, -0.25) is 0 Å². The van der Waals surface area contributed by atoms with Crippen LogP contribution in [0.3, 0.4) is 0 Å². The third-order valence-electron chi connectivity index (χ3n) is 0.0967. The van der Waals surface area contributed by atoms with E-state index in [-0.39, 0.29) is 0 Å². The van der Waals surface area contributed by atoms with Crippen molar-refractivity contribution in [1.82, 2.24) is 0 Å². The van der Waals surface area contributed by atoms with Crippen LogP contribution in [-0.4, -0.2) is 16.1 Å². The molecule has 0 atom stereocenters. The number of hydrogen-bond acceptors (Lipinski definition) is 2. The van der Waals surface area contributed by atoms with Gasteiger partial charge in [-0.1, -0.05) is 0 Å². The Labute approximate surface area is 55.5 Å². The van der Waals surface area contributed by atoms with Crippen LogP contribution in [0.2, 0.25) is 0 Å². The van der Waals surface area contributed by atoms with Gasteiger partial charge in [-0.05, 0) is 0 Å². The minimum atomic E-state index is -1.08. The van der Waals surface area contributed by atoms with E-state index in [0.717, 1.165) is 0 Å². The summed E-state index contributed by atoms with van der Waals surface area (Å²) in [6.45, 7) is 1.92. The number of hydrogen-bond donors (Lipinski definition) is 2. The van der Waals surface area contributed by atoms with Crippen LogP contribution in [0.4, 0.5) is 0 Å². The number of aliphatic hydroxyl groups is 1. The maximum Gasteiger partial charge on any atom is 0.362 e. The van der Waals surface area contributed by atoms with Crippen molar-refractivity contribution in [3.05, 3.63) is 5.90 Å². The molecule has 0 saturated heterocycles. The van der Waals surface area contributed by atoms with Gasteiger partial charge in [0.2, 0.25) is 0 Å². The molecule has 0 aromatic rings. The normalized spacial score (nSPS) is 5.75. The molecule has 0 aromatic carbocycles. The zero-order chi connectivity index (χ0) is 6.99.